The van der Waals surface area contributed by atoms with Crippen LogP contribution in [-0.4, -0.2) is 49.9 Å². The van der Waals surface area contributed by atoms with Gasteiger partial charge in [-0.3, -0.25) is 5.43 Å². The van der Waals surface area contributed by atoms with Crippen LogP contribution in [0, 0.1) is 0 Å². The number of ether oxygens (including phenoxy) is 4. The van der Waals surface area contributed by atoms with E-state index in [1.54, 1.807) is 31.3 Å². The van der Waals surface area contributed by atoms with Crippen LogP contribution in [0.4, 0.5) is 4.79 Å². The summed E-state index contributed by atoms with van der Waals surface area (Å²) in [5.74, 6) is 0.932. The lowest BCUT2D eigenvalue weighted by Gasteiger charge is -2.28. The Labute approximate surface area is 244 Å². The Hall–Kier alpha value is -5.03. The van der Waals surface area contributed by atoms with Gasteiger partial charge in [-0.1, -0.05) is 36.4 Å². The molecule has 11 nitrogen and oxygen atoms in total. The average molecular weight is 575 g/mol. The number of hydrogen-bond donors (Lipinski definition) is 4. The summed E-state index contributed by atoms with van der Waals surface area (Å²) in [6.45, 7) is 4.15. The summed E-state index contributed by atoms with van der Waals surface area (Å²) >= 11 is 0. The Morgan fingerprint density at radius 3 is 2.52 bits per heavy atom. The van der Waals surface area contributed by atoms with Gasteiger partial charge in [-0.2, -0.15) is 5.10 Å². The molecular weight excluding hydrogens is 540 g/mol. The Morgan fingerprint density at radius 2 is 1.81 bits per heavy atom. The SMILES string of the molecule is CCOc1cc([C@@H]2NC(=O)NC(C)=C2C(=O)OC)ccc1OC[C@H](O)N/N=C\c1ccc(OCc2ccccc2)cc1. The number of urea groups is 1. The van der Waals surface area contributed by atoms with Crippen LogP contribution in [0.1, 0.15) is 36.6 Å². The van der Waals surface area contributed by atoms with Crippen LogP contribution < -0.4 is 30.3 Å². The lowest BCUT2D eigenvalue weighted by atomic mass is 9.95. The highest BCUT2D eigenvalue weighted by Crippen LogP contribution is 2.34. The van der Waals surface area contributed by atoms with Crippen molar-refractivity contribution in [2.24, 2.45) is 5.10 Å². The number of esters is 1. The molecule has 0 aliphatic carbocycles. The standard InChI is InChI=1S/C31H34N4O7/c1-4-40-26-16-23(29-28(30(37)39-3)20(2)33-31(38)34-29)12-15-25(26)42-19-27(36)35-32-17-21-10-13-24(14-11-21)41-18-22-8-6-5-7-9-22/h5-17,27,29,35-36H,4,18-19H2,1-3H3,(H2,33,34,38)/b32-17-/t27-,29-/m0/s1. The highest BCUT2D eigenvalue weighted by molar-refractivity contribution is 5.95. The molecule has 220 valence electrons. The number of carbonyl (C=O) groups excluding carboxylic acids is 2. The van der Waals surface area contributed by atoms with Crippen LogP contribution in [0.2, 0.25) is 0 Å². The monoisotopic (exact) mass is 574 g/mol. The van der Waals surface area contributed by atoms with Crippen LogP contribution in [-0.2, 0) is 16.1 Å². The molecule has 2 amide bonds. The van der Waals surface area contributed by atoms with Crippen LogP contribution in [0.3, 0.4) is 0 Å². The number of benzene rings is 3. The molecule has 1 aliphatic heterocycles. The second-order valence-electron chi connectivity index (χ2n) is 9.26. The largest absolute Gasteiger partial charge is 0.490 e. The van der Waals surface area contributed by atoms with Crippen LogP contribution in [0.5, 0.6) is 17.2 Å². The lowest BCUT2D eigenvalue weighted by molar-refractivity contribution is -0.136. The molecule has 4 rings (SSSR count). The molecule has 1 aliphatic rings. The first-order valence-electron chi connectivity index (χ1n) is 13.4. The number of hydrogen-bond acceptors (Lipinski definition) is 9. The van der Waals surface area contributed by atoms with Crippen molar-refractivity contribution in [3.8, 4) is 17.2 Å². The van der Waals surface area contributed by atoms with Gasteiger partial charge >= 0.3 is 12.0 Å². The zero-order chi connectivity index (χ0) is 29.9. The van der Waals surface area contributed by atoms with Crippen LogP contribution in [0.15, 0.2) is 89.2 Å². The Bertz CT molecular complexity index is 1420. The highest BCUT2D eigenvalue weighted by atomic mass is 16.5. The van der Waals surface area contributed by atoms with Gasteiger partial charge in [0.2, 0.25) is 0 Å². The van der Waals surface area contributed by atoms with E-state index in [9.17, 15) is 14.7 Å². The van der Waals surface area contributed by atoms with Gasteiger partial charge in [0, 0.05) is 5.70 Å². The Kier molecular flexibility index (Phi) is 10.4. The number of aliphatic hydroxyl groups excluding tert-OH is 1. The van der Waals surface area contributed by atoms with E-state index in [0.29, 0.717) is 36.0 Å². The van der Waals surface area contributed by atoms with E-state index in [4.69, 9.17) is 18.9 Å². The maximum Gasteiger partial charge on any atom is 0.337 e. The molecular formula is C31H34N4O7. The number of methoxy groups -OCH3 is 1. The molecule has 4 N–H and O–H groups in total. The summed E-state index contributed by atoms with van der Waals surface area (Å²) in [5, 5.41) is 19.8. The van der Waals surface area contributed by atoms with Gasteiger partial charge in [0.1, 0.15) is 19.0 Å². The maximum absolute atomic E-state index is 12.4. The lowest BCUT2D eigenvalue weighted by Crippen LogP contribution is -2.45. The van der Waals surface area contributed by atoms with Gasteiger partial charge in [-0.05, 0) is 66.9 Å². The quantitative estimate of drug-likeness (QED) is 0.105. The molecule has 0 spiro atoms. The van der Waals surface area contributed by atoms with Crippen molar-refractivity contribution in [3.63, 3.8) is 0 Å². The number of amides is 2. The van der Waals surface area contributed by atoms with Crippen molar-refractivity contribution < 1.29 is 33.6 Å². The zero-order valence-corrected chi connectivity index (χ0v) is 23.6. The second-order valence-corrected chi connectivity index (χ2v) is 9.26. The predicted molar refractivity (Wildman–Crippen MR) is 156 cm³/mol. The van der Waals surface area contributed by atoms with E-state index in [1.165, 1.54) is 7.11 Å². The summed E-state index contributed by atoms with van der Waals surface area (Å²) in [6.07, 6.45) is 0.468. The first-order valence-corrected chi connectivity index (χ1v) is 13.4. The van der Waals surface area contributed by atoms with Crippen molar-refractivity contribution in [1.82, 2.24) is 16.1 Å². The Morgan fingerprint density at radius 1 is 1.05 bits per heavy atom. The fourth-order valence-corrected chi connectivity index (χ4v) is 4.21. The molecule has 3 aromatic carbocycles. The number of rotatable bonds is 13. The first-order chi connectivity index (χ1) is 20.4. The minimum atomic E-state index is -1.11. The fraction of sp³-hybridized carbons (Fsp3) is 0.258. The van der Waals surface area contributed by atoms with Crippen LogP contribution >= 0.6 is 0 Å². The van der Waals surface area contributed by atoms with Gasteiger partial charge in [-0.15, -0.1) is 0 Å². The Balaban J connectivity index is 1.33. The predicted octanol–water partition coefficient (Wildman–Crippen LogP) is 3.79. The molecule has 0 fully saturated rings. The molecule has 11 heteroatoms. The van der Waals surface area contributed by atoms with E-state index in [1.807, 2.05) is 61.5 Å². The van der Waals surface area contributed by atoms with Gasteiger partial charge in [0.15, 0.2) is 17.7 Å². The third-order valence-electron chi connectivity index (χ3n) is 6.24. The number of hydrazone groups is 1. The van der Waals surface area contributed by atoms with E-state index in [-0.39, 0.29) is 12.2 Å². The average Bonchev–Trinajstić information content (AvgIpc) is 3.00. The minimum Gasteiger partial charge on any atom is -0.490 e. The molecule has 42 heavy (non-hydrogen) atoms. The molecule has 0 bridgehead atoms. The zero-order valence-electron chi connectivity index (χ0n) is 23.6. The maximum atomic E-state index is 12.4. The number of nitrogens with one attached hydrogen (secondary N) is 3. The molecule has 0 saturated heterocycles. The molecule has 0 unspecified atom stereocenters. The van der Waals surface area contributed by atoms with Crippen LogP contribution in [0.25, 0.3) is 0 Å². The number of allylic oxidation sites excluding steroid dienone is 1. The fourth-order valence-electron chi connectivity index (χ4n) is 4.21. The molecule has 3 aromatic rings. The van der Waals surface area contributed by atoms with Gasteiger partial charge in [-0.25, -0.2) is 9.59 Å². The first kappa shape index (κ1) is 29.9. The summed E-state index contributed by atoms with van der Waals surface area (Å²) < 4.78 is 22.2. The van der Waals surface area contributed by atoms with Crippen molar-refractivity contribution in [1.29, 1.82) is 0 Å². The highest BCUT2D eigenvalue weighted by Gasteiger charge is 2.32. The number of carbonyl (C=O) groups is 2. The minimum absolute atomic E-state index is 0.125. The number of aliphatic hydroxyl groups is 1. The van der Waals surface area contributed by atoms with E-state index < -0.39 is 24.3 Å². The summed E-state index contributed by atoms with van der Waals surface area (Å²) in [4.78, 5) is 24.5. The van der Waals surface area contributed by atoms with Gasteiger partial charge < -0.3 is 34.7 Å². The normalized spacial score (nSPS) is 15.4. The van der Waals surface area contributed by atoms with Gasteiger partial charge in [0.05, 0.1) is 31.5 Å². The molecule has 0 saturated carbocycles. The smallest absolute Gasteiger partial charge is 0.337 e. The van der Waals surface area contributed by atoms with E-state index in [0.717, 1.165) is 16.9 Å². The topological polar surface area (TPSA) is 140 Å². The molecule has 1 heterocycles. The van der Waals surface area contributed by atoms with Crippen molar-refractivity contribution in [2.75, 3.05) is 20.3 Å². The number of nitrogens with zero attached hydrogens (tertiary/aromatic N) is 1. The molecule has 0 aromatic heterocycles. The van der Waals surface area contributed by atoms with Gasteiger partial charge in [0.25, 0.3) is 0 Å². The second kappa shape index (κ2) is 14.6. The van der Waals surface area contributed by atoms with Crippen molar-refractivity contribution in [3.05, 3.63) is 101 Å². The summed E-state index contributed by atoms with van der Waals surface area (Å²) in [5.41, 5.74) is 5.81. The van der Waals surface area contributed by atoms with Crippen molar-refractivity contribution in [2.45, 2.75) is 32.7 Å². The summed E-state index contributed by atoms with van der Waals surface area (Å²) in [6, 6.07) is 21.2. The van der Waals surface area contributed by atoms with E-state index >= 15 is 0 Å². The van der Waals surface area contributed by atoms with E-state index in [2.05, 4.69) is 21.2 Å². The van der Waals surface area contributed by atoms with Crippen molar-refractivity contribution >= 4 is 18.2 Å². The third-order valence-corrected chi connectivity index (χ3v) is 6.24. The summed E-state index contributed by atoms with van der Waals surface area (Å²) in [7, 11) is 1.28. The molecule has 0 radical (unpaired) electrons. The molecule has 2 atom stereocenters. The third kappa shape index (κ3) is 8.01.